The first-order chi connectivity index (χ1) is 12.8. The van der Waals surface area contributed by atoms with Gasteiger partial charge in [-0.1, -0.05) is 32.0 Å². The van der Waals surface area contributed by atoms with Crippen LogP contribution in [0.3, 0.4) is 0 Å². The van der Waals surface area contributed by atoms with Crippen molar-refractivity contribution in [2.24, 2.45) is 0 Å². The molecule has 1 amide bonds. The van der Waals surface area contributed by atoms with Crippen LogP contribution < -0.4 is 16.5 Å². The fraction of sp³-hybridized carbons (Fsp3) is 0.150. The molecule has 7 heteroatoms. The summed E-state index contributed by atoms with van der Waals surface area (Å²) in [6, 6.07) is 11.0. The lowest BCUT2D eigenvalue weighted by molar-refractivity contribution is 0.0695. The second-order valence-electron chi connectivity index (χ2n) is 6.49. The normalized spacial score (nSPS) is 10.9. The van der Waals surface area contributed by atoms with Crippen LogP contribution in [0.25, 0.3) is 10.9 Å². The van der Waals surface area contributed by atoms with Gasteiger partial charge in [0.05, 0.1) is 5.52 Å². The van der Waals surface area contributed by atoms with E-state index in [9.17, 15) is 19.5 Å². The number of nitrogen functional groups attached to an aromatic ring is 1. The number of aromatic nitrogens is 1. The quantitative estimate of drug-likeness (QED) is 0.615. The Morgan fingerprint density at radius 1 is 1.15 bits per heavy atom. The van der Waals surface area contributed by atoms with Crippen LogP contribution in [0.1, 0.15) is 35.7 Å². The van der Waals surface area contributed by atoms with Gasteiger partial charge >= 0.3 is 12.0 Å². The fourth-order valence-corrected chi connectivity index (χ4v) is 2.96. The maximum absolute atomic E-state index is 12.8. The summed E-state index contributed by atoms with van der Waals surface area (Å²) >= 11 is 0. The van der Waals surface area contributed by atoms with Gasteiger partial charge in [-0.25, -0.2) is 9.59 Å². The van der Waals surface area contributed by atoms with Gasteiger partial charge in [0.15, 0.2) is 0 Å². The zero-order chi connectivity index (χ0) is 19.7. The van der Waals surface area contributed by atoms with Crippen molar-refractivity contribution in [2.75, 3.05) is 11.1 Å². The van der Waals surface area contributed by atoms with Gasteiger partial charge in [-0.15, -0.1) is 0 Å². The van der Waals surface area contributed by atoms with Crippen LogP contribution in [0.15, 0.2) is 53.5 Å². The molecule has 7 nitrogen and oxygen atoms in total. The van der Waals surface area contributed by atoms with E-state index in [1.54, 1.807) is 30.3 Å². The zero-order valence-corrected chi connectivity index (χ0v) is 14.9. The minimum absolute atomic E-state index is 0.155. The summed E-state index contributed by atoms with van der Waals surface area (Å²) in [6.45, 7) is 4.04. The number of nitrogens with two attached hydrogens (primary N) is 1. The largest absolute Gasteiger partial charge is 0.477 e. The number of aromatic carboxylic acids is 1. The summed E-state index contributed by atoms with van der Waals surface area (Å²) in [5.41, 5.74) is 7.24. The number of anilines is 2. The monoisotopic (exact) mass is 365 g/mol. The van der Waals surface area contributed by atoms with E-state index in [1.165, 1.54) is 6.07 Å². The predicted octanol–water partition coefficient (Wildman–Crippen LogP) is 3.49. The van der Waals surface area contributed by atoms with Crippen LogP contribution in [0.4, 0.5) is 16.2 Å². The molecule has 1 aromatic heterocycles. The molecule has 2 aromatic carbocycles. The minimum Gasteiger partial charge on any atom is -0.477 e. The van der Waals surface area contributed by atoms with E-state index in [0.717, 1.165) is 16.3 Å². The molecule has 4 N–H and O–H groups in total. The standard InChI is InChI=1S/C20H19N3O4/c1-11(2)13-8-7-12(9-16(13)21)22-20(27)23-10-15(19(25)26)18(24)14-5-3-4-6-17(14)23/h3-11H,21H2,1-2H3,(H,22,27)(H,25,26). The Bertz CT molecular complexity index is 1120. The third kappa shape index (κ3) is 3.39. The lowest BCUT2D eigenvalue weighted by Gasteiger charge is -2.14. The molecule has 0 aliphatic rings. The van der Waals surface area contributed by atoms with Gasteiger partial charge < -0.3 is 16.2 Å². The van der Waals surface area contributed by atoms with Crippen LogP contribution in [-0.2, 0) is 0 Å². The smallest absolute Gasteiger partial charge is 0.341 e. The lowest BCUT2D eigenvalue weighted by Crippen LogP contribution is -2.25. The third-order valence-corrected chi connectivity index (χ3v) is 4.32. The summed E-state index contributed by atoms with van der Waals surface area (Å²) in [4.78, 5) is 36.4. The molecular formula is C20H19N3O4. The predicted molar refractivity (Wildman–Crippen MR) is 105 cm³/mol. The van der Waals surface area contributed by atoms with Crippen molar-refractivity contribution in [2.45, 2.75) is 19.8 Å². The summed E-state index contributed by atoms with van der Waals surface area (Å²) in [5.74, 6) is -1.14. The molecule has 3 rings (SSSR count). The van der Waals surface area contributed by atoms with Gasteiger partial charge in [0.25, 0.3) is 0 Å². The van der Waals surface area contributed by atoms with E-state index in [-0.39, 0.29) is 11.3 Å². The van der Waals surface area contributed by atoms with Crippen molar-refractivity contribution >= 4 is 34.3 Å². The maximum atomic E-state index is 12.8. The second kappa shape index (κ2) is 6.95. The zero-order valence-electron chi connectivity index (χ0n) is 14.9. The average molecular weight is 365 g/mol. The molecule has 1 heterocycles. The number of carboxylic acid groups (broad SMARTS) is 1. The first kappa shape index (κ1) is 18.2. The van der Waals surface area contributed by atoms with E-state index in [4.69, 9.17) is 5.73 Å². The van der Waals surface area contributed by atoms with E-state index in [1.807, 2.05) is 19.9 Å². The first-order valence-corrected chi connectivity index (χ1v) is 8.38. The van der Waals surface area contributed by atoms with Gasteiger partial charge in [-0.2, -0.15) is 0 Å². The minimum atomic E-state index is -1.39. The Hall–Kier alpha value is -3.61. The molecule has 27 heavy (non-hydrogen) atoms. The van der Waals surface area contributed by atoms with Crippen LogP contribution in [-0.4, -0.2) is 21.7 Å². The van der Waals surface area contributed by atoms with Crippen molar-refractivity contribution in [3.8, 4) is 0 Å². The number of carbonyl (C=O) groups is 2. The van der Waals surface area contributed by atoms with Gasteiger partial charge in [0.1, 0.15) is 5.56 Å². The molecule has 0 saturated carbocycles. The third-order valence-electron chi connectivity index (χ3n) is 4.32. The molecule has 138 valence electrons. The number of fused-ring (bicyclic) bond motifs is 1. The Labute approximate surface area is 155 Å². The Kier molecular flexibility index (Phi) is 4.68. The van der Waals surface area contributed by atoms with Crippen molar-refractivity contribution in [1.82, 2.24) is 4.57 Å². The number of nitrogens with zero attached hydrogens (tertiary/aromatic N) is 1. The molecule has 0 atom stereocenters. The van der Waals surface area contributed by atoms with Gasteiger partial charge in [0.2, 0.25) is 5.43 Å². The summed E-state index contributed by atoms with van der Waals surface area (Å²) < 4.78 is 1.12. The number of hydrogen-bond acceptors (Lipinski definition) is 4. The fourth-order valence-electron chi connectivity index (χ4n) is 2.96. The van der Waals surface area contributed by atoms with Crippen LogP contribution in [0.5, 0.6) is 0 Å². The molecule has 0 saturated heterocycles. The van der Waals surface area contributed by atoms with Gasteiger partial charge in [-0.05, 0) is 35.7 Å². The molecule has 0 aliphatic carbocycles. The Morgan fingerprint density at radius 2 is 1.85 bits per heavy atom. The van der Waals surface area contributed by atoms with E-state index < -0.39 is 23.0 Å². The van der Waals surface area contributed by atoms with E-state index in [2.05, 4.69) is 5.32 Å². The molecule has 0 spiro atoms. The molecule has 0 bridgehead atoms. The number of pyridine rings is 1. The maximum Gasteiger partial charge on any atom is 0.341 e. The van der Waals surface area contributed by atoms with Crippen molar-refractivity contribution in [3.05, 3.63) is 70.0 Å². The number of nitrogens with one attached hydrogen (secondary N) is 1. The molecule has 3 aromatic rings. The highest BCUT2D eigenvalue weighted by molar-refractivity contribution is 6.01. The highest BCUT2D eigenvalue weighted by Gasteiger charge is 2.17. The molecule has 0 radical (unpaired) electrons. The van der Waals surface area contributed by atoms with Crippen LogP contribution in [0, 0.1) is 0 Å². The highest BCUT2D eigenvalue weighted by atomic mass is 16.4. The first-order valence-electron chi connectivity index (χ1n) is 8.38. The molecule has 0 fully saturated rings. The van der Waals surface area contributed by atoms with E-state index in [0.29, 0.717) is 16.9 Å². The lowest BCUT2D eigenvalue weighted by atomic mass is 10.0. The van der Waals surface area contributed by atoms with Crippen molar-refractivity contribution < 1.29 is 14.7 Å². The van der Waals surface area contributed by atoms with Crippen LogP contribution >= 0.6 is 0 Å². The molecular weight excluding hydrogens is 346 g/mol. The SMILES string of the molecule is CC(C)c1ccc(NC(=O)n2cc(C(=O)O)c(=O)c3ccccc32)cc1N. The number of benzene rings is 2. The summed E-state index contributed by atoms with van der Waals surface area (Å²) in [7, 11) is 0. The van der Waals surface area contributed by atoms with Crippen molar-refractivity contribution in [3.63, 3.8) is 0 Å². The molecule has 0 aliphatic heterocycles. The summed E-state index contributed by atoms with van der Waals surface area (Å²) in [5, 5.41) is 12.1. The van der Waals surface area contributed by atoms with Gasteiger partial charge in [0, 0.05) is 23.0 Å². The number of carbonyl (C=O) groups excluding carboxylic acids is 1. The molecule has 0 unspecified atom stereocenters. The second-order valence-corrected chi connectivity index (χ2v) is 6.49. The van der Waals surface area contributed by atoms with Crippen molar-refractivity contribution in [1.29, 1.82) is 0 Å². The van der Waals surface area contributed by atoms with Crippen LogP contribution in [0.2, 0.25) is 0 Å². The highest BCUT2D eigenvalue weighted by Crippen LogP contribution is 2.25. The Balaban J connectivity index is 2.06. The Morgan fingerprint density at radius 3 is 2.48 bits per heavy atom. The average Bonchev–Trinajstić information content (AvgIpc) is 2.61. The number of carboxylic acids is 1. The summed E-state index contributed by atoms with van der Waals surface area (Å²) in [6.07, 6.45) is 1.04. The number of para-hydroxylation sites is 1. The topological polar surface area (TPSA) is 114 Å². The van der Waals surface area contributed by atoms with Gasteiger partial charge in [-0.3, -0.25) is 9.36 Å². The number of hydrogen-bond donors (Lipinski definition) is 3. The number of rotatable bonds is 3. The van der Waals surface area contributed by atoms with E-state index >= 15 is 0 Å². The number of amides is 1.